The quantitative estimate of drug-likeness (QED) is 0.541. The van der Waals surface area contributed by atoms with Crippen molar-refractivity contribution < 1.29 is 36.3 Å². The summed E-state index contributed by atoms with van der Waals surface area (Å²) in [4.78, 5) is 24.3. The predicted octanol–water partition coefficient (Wildman–Crippen LogP) is 5.00. The van der Waals surface area contributed by atoms with Crippen LogP contribution in [0, 0.1) is 25.7 Å². The van der Waals surface area contributed by atoms with E-state index in [0.29, 0.717) is 18.9 Å². The molecule has 27 heavy (non-hydrogen) atoms. The minimum absolute atomic E-state index is 0.0199. The number of carbonyl (C=O) groups is 2. The normalized spacial score (nSPS) is 22.6. The fraction of sp³-hybridized carbons (Fsp3) is 0.474. The molecule has 8 heteroatoms. The number of rotatable bonds is 3. The first kappa shape index (κ1) is 19.5. The second-order valence-corrected chi connectivity index (χ2v) is 7.03. The van der Waals surface area contributed by atoms with Crippen molar-refractivity contribution in [1.29, 1.82) is 0 Å². The Balaban J connectivity index is 1.89. The predicted molar refractivity (Wildman–Crippen MR) is 85.2 cm³/mol. The number of ether oxygens (including phenoxy) is 1. The number of carbonyl (C=O) groups excluding carboxylic acids is 2. The van der Waals surface area contributed by atoms with E-state index in [1.165, 1.54) is 13.0 Å². The van der Waals surface area contributed by atoms with Crippen molar-refractivity contribution in [3.63, 3.8) is 0 Å². The molecule has 0 aromatic heterocycles. The van der Waals surface area contributed by atoms with E-state index in [9.17, 15) is 31.5 Å². The molecule has 3 nitrogen and oxygen atoms in total. The summed E-state index contributed by atoms with van der Waals surface area (Å²) < 4.78 is 70.6. The highest BCUT2D eigenvalue weighted by atomic mass is 19.4. The van der Waals surface area contributed by atoms with Gasteiger partial charge in [-0.1, -0.05) is 6.07 Å². The van der Waals surface area contributed by atoms with E-state index < -0.39 is 23.6 Å². The van der Waals surface area contributed by atoms with Crippen molar-refractivity contribution in [2.24, 2.45) is 11.8 Å². The third-order valence-electron chi connectivity index (χ3n) is 5.43. The van der Waals surface area contributed by atoms with E-state index in [-0.39, 0.29) is 40.1 Å². The third-order valence-corrected chi connectivity index (χ3v) is 5.43. The van der Waals surface area contributed by atoms with Crippen LogP contribution in [0.3, 0.4) is 0 Å². The fourth-order valence-corrected chi connectivity index (χ4v) is 3.68. The molecule has 2 bridgehead atoms. The summed E-state index contributed by atoms with van der Waals surface area (Å²) >= 11 is 0. The van der Waals surface area contributed by atoms with Gasteiger partial charge < -0.3 is 4.74 Å². The molecule has 1 fully saturated rings. The smallest absolute Gasteiger partial charge is 0.427 e. The lowest BCUT2D eigenvalue weighted by atomic mass is 9.92. The third kappa shape index (κ3) is 3.26. The number of benzene rings is 1. The van der Waals surface area contributed by atoms with Crippen LogP contribution in [0.2, 0.25) is 0 Å². The lowest BCUT2D eigenvalue weighted by molar-refractivity contribution is -0.289. The van der Waals surface area contributed by atoms with Crippen LogP contribution in [0.4, 0.5) is 22.0 Å². The van der Waals surface area contributed by atoms with Crippen molar-refractivity contribution in [3.05, 3.63) is 46.2 Å². The van der Waals surface area contributed by atoms with Crippen molar-refractivity contribution in [2.45, 2.75) is 45.2 Å². The van der Waals surface area contributed by atoms with Crippen LogP contribution >= 0.6 is 0 Å². The minimum atomic E-state index is -5.74. The van der Waals surface area contributed by atoms with Gasteiger partial charge in [0.2, 0.25) is 0 Å². The molecule has 0 amide bonds. The van der Waals surface area contributed by atoms with Crippen molar-refractivity contribution in [3.8, 4) is 0 Å². The molecule has 0 aliphatic heterocycles. The summed E-state index contributed by atoms with van der Waals surface area (Å²) in [6.07, 6.45) is -2.41. The van der Waals surface area contributed by atoms with E-state index in [1.807, 2.05) is 0 Å². The fourth-order valence-electron chi connectivity index (χ4n) is 3.68. The summed E-state index contributed by atoms with van der Waals surface area (Å²) in [5, 5.41) is 0. The number of allylic oxidation sites excluding steroid dienone is 2. The van der Waals surface area contributed by atoms with Gasteiger partial charge in [-0.2, -0.15) is 22.0 Å². The minimum Gasteiger partial charge on any atom is -0.427 e. The second-order valence-electron chi connectivity index (χ2n) is 7.03. The average Bonchev–Trinajstić information content (AvgIpc) is 2.99. The Kier molecular flexibility index (Phi) is 4.64. The number of halogens is 5. The van der Waals surface area contributed by atoms with Gasteiger partial charge in [-0.25, -0.2) is 4.79 Å². The molecule has 1 aromatic carbocycles. The van der Waals surface area contributed by atoms with Crippen molar-refractivity contribution in [1.82, 2.24) is 0 Å². The Bertz CT molecular complexity index is 838. The maximum Gasteiger partial charge on any atom is 0.458 e. The van der Waals surface area contributed by atoms with Crippen LogP contribution in [0.5, 0.6) is 0 Å². The lowest BCUT2D eigenvalue weighted by Crippen LogP contribution is -2.34. The number of ketones is 1. The largest absolute Gasteiger partial charge is 0.458 e. The standard InChI is InChI=1S/C19H17F5O3/c1-9-10(2)14(18(20,21)19(22,23)24)6-5-13(9)17(26)27-16-8-15(25)11-3-4-12(16)7-11/h5-6,8,11-12H,3-4,7H2,1-2H3. The van der Waals surface area contributed by atoms with Gasteiger partial charge >= 0.3 is 18.1 Å². The monoisotopic (exact) mass is 388 g/mol. The van der Waals surface area contributed by atoms with Crippen LogP contribution in [0.15, 0.2) is 24.0 Å². The Morgan fingerprint density at radius 1 is 1.04 bits per heavy atom. The first-order chi connectivity index (χ1) is 12.4. The highest BCUT2D eigenvalue weighted by molar-refractivity contribution is 5.96. The summed E-state index contributed by atoms with van der Waals surface area (Å²) in [6, 6.07) is 1.50. The number of fused-ring (bicyclic) bond motifs is 2. The van der Waals surface area contributed by atoms with Gasteiger partial charge in [-0.05, 0) is 50.3 Å². The molecular formula is C19H17F5O3. The van der Waals surface area contributed by atoms with Gasteiger partial charge in [0.15, 0.2) is 5.78 Å². The second kappa shape index (κ2) is 6.42. The number of esters is 1. The van der Waals surface area contributed by atoms with Gasteiger partial charge in [0.1, 0.15) is 5.76 Å². The topological polar surface area (TPSA) is 43.4 Å². The molecule has 0 radical (unpaired) electrons. The Hall–Kier alpha value is -2.25. The van der Waals surface area contributed by atoms with Crippen molar-refractivity contribution >= 4 is 11.8 Å². The maximum absolute atomic E-state index is 13.7. The van der Waals surface area contributed by atoms with E-state index in [0.717, 1.165) is 19.4 Å². The first-order valence-electron chi connectivity index (χ1n) is 8.46. The zero-order valence-corrected chi connectivity index (χ0v) is 14.6. The first-order valence-corrected chi connectivity index (χ1v) is 8.46. The molecule has 0 N–H and O–H groups in total. The summed E-state index contributed by atoms with van der Waals surface area (Å²) in [5.41, 5.74) is -1.66. The van der Waals surface area contributed by atoms with Gasteiger partial charge in [0.25, 0.3) is 0 Å². The Morgan fingerprint density at radius 3 is 2.30 bits per heavy atom. The Morgan fingerprint density at radius 2 is 1.67 bits per heavy atom. The van der Waals surface area contributed by atoms with Crippen LogP contribution in [0.1, 0.15) is 46.3 Å². The van der Waals surface area contributed by atoms with E-state index >= 15 is 0 Å². The van der Waals surface area contributed by atoms with Crippen LogP contribution in [-0.2, 0) is 15.5 Å². The van der Waals surface area contributed by atoms with E-state index in [2.05, 4.69) is 0 Å². The number of hydrogen-bond acceptors (Lipinski definition) is 3. The van der Waals surface area contributed by atoms with Crippen LogP contribution in [0.25, 0.3) is 0 Å². The number of alkyl halides is 5. The Labute approximate surface area is 152 Å². The summed E-state index contributed by atoms with van der Waals surface area (Å²) in [6.45, 7) is 2.39. The molecule has 0 heterocycles. The lowest BCUT2D eigenvalue weighted by Gasteiger charge is -2.24. The van der Waals surface area contributed by atoms with Crippen molar-refractivity contribution in [2.75, 3.05) is 0 Å². The SMILES string of the molecule is Cc1c(C(=O)OC2=CC(=O)C3CCC2C3)ccc(C(F)(F)C(F)(F)F)c1C. The molecule has 2 aliphatic carbocycles. The van der Waals surface area contributed by atoms with Gasteiger partial charge in [-0.3, -0.25) is 4.79 Å². The molecule has 1 aromatic rings. The molecule has 2 atom stereocenters. The zero-order valence-electron chi connectivity index (χ0n) is 14.6. The highest BCUT2D eigenvalue weighted by Crippen LogP contribution is 2.46. The van der Waals surface area contributed by atoms with Gasteiger partial charge in [0.05, 0.1) is 5.56 Å². The molecule has 2 aliphatic rings. The van der Waals surface area contributed by atoms with E-state index in [1.54, 1.807) is 0 Å². The van der Waals surface area contributed by atoms with Gasteiger partial charge in [0, 0.05) is 23.5 Å². The highest BCUT2D eigenvalue weighted by Gasteiger charge is 2.59. The zero-order chi connectivity index (χ0) is 20.1. The molecule has 146 valence electrons. The molecule has 1 saturated carbocycles. The molecule has 0 spiro atoms. The summed E-state index contributed by atoms with van der Waals surface area (Å²) in [5.74, 6) is -5.87. The summed E-state index contributed by atoms with van der Waals surface area (Å²) in [7, 11) is 0. The maximum atomic E-state index is 13.7. The van der Waals surface area contributed by atoms with Crippen LogP contribution in [-0.4, -0.2) is 17.9 Å². The molecular weight excluding hydrogens is 371 g/mol. The molecule has 2 unspecified atom stereocenters. The van der Waals surface area contributed by atoms with Gasteiger partial charge in [-0.15, -0.1) is 0 Å². The molecule has 3 rings (SSSR count). The average molecular weight is 388 g/mol. The number of hydrogen-bond donors (Lipinski definition) is 0. The van der Waals surface area contributed by atoms with Crippen LogP contribution < -0.4 is 0 Å². The van der Waals surface area contributed by atoms with E-state index in [4.69, 9.17) is 4.74 Å². The molecule has 0 saturated heterocycles.